The number of likely N-dealkylation sites (N-methyl/N-ethyl adjacent to an activating group) is 1. The number of aliphatic hydroxyl groups excluding tert-OH is 1. The van der Waals surface area contributed by atoms with E-state index in [4.69, 9.17) is 5.73 Å². The number of para-hydroxylation sites is 1. The second-order valence-corrected chi connectivity index (χ2v) is 4.55. The fraction of sp³-hybridized carbons (Fsp3) is 0.571. The highest BCUT2D eigenvalue weighted by atomic mass is 16.3. The predicted octanol–water partition coefficient (Wildman–Crippen LogP) is 1.70. The second kappa shape index (κ2) is 6.62. The van der Waals surface area contributed by atoms with Gasteiger partial charge in [-0.2, -0.15) is 0 Å². The van der Waals surface area contributed by atoms with Crippen LogP contribution in [0.5, 0.6) is 0 Å². The number of benzene rings is 1. The van der Waals surface area contributed by atoms with E-state index in [0.717, 1.165) is 6.42 Å². The third-order valence-corrected chi connectivity index (χ3v) is 3.07. The van der Waals surface area contributed by atoms with Gasteiger partial charge in [0.2, 0.25) is 0 Å². The SMILES string of the molecule is CCc1cccc(C)c1N(C)CC(O)CCN. The molecular weight excluding hydrogens is 212 g/mol. The second-order valence-electron chi connectivity index (χ2n) is 4.55. The minimum Gasteiger partial charge on any atom is -0.391 e. The monoisotopic (exact) mass is 236 g/mol. The van der Waals surface area contributed by atoms with E-state index in [1.54, 1.807) is 0 Å². The molecule has 0 spiro atoms. The van der Waals surface area contributed by atoms with Crippen LogP contribution in [0.3, 0.4) is 0 Å². The van der Waals surface area contributed by atoms with Crippen LogP contribution in [0.2, 0.25) is 0 Å². The zero-order valence-electron chi connectivity index (χ0n) is 11.1. The molecule has 3 heteroatoms. The molecule has 1 aromatic carbocycles. The van der Waals surface area contributed by atoms with Crippen LogP contribution in [0, 0.1) is 6.92 Å². The van der Waals surface area contributed by atoms with Crippen LogP contribution in [-0.2, 0) is 6.42 Å². The summed E-state index contributed by atoms with van der Waals surface area (Å²) in [5.41, 5.74) is 9.28. The van der Waals surface area contributed by atoms with Crippen molar-refractivity contribution in [2.24, 2.45) is 5.73 Å². The Hall–Kier alpha value is -1.06. The van der Waals surface area contributed by atoms with Gasteiger partial charge in [-0.25, -0.2) is 0 Å². The Bertz CT molecular complexity index is 352. The van der Waals surface area contributed by atoms with Gasteiger partial charge >= 0.3 is 0 Å². The maximum atomic E-state index is 9.81. The molecule has 0 fully saturated rings. The number of nitrogens with two attached hydrogens (primary N) is 1. The molecule has 96 valence electrons. The molecular formula is C14H24N2O. The molecule has 0 heterocycles. The molecule has 0 saturated carbocycles. The first kappa shape index (κ1) is 14.0. The summed E-state index contributed by atoms with van der Waals surface area (Å²) in [7, 11) is 2.03. The van der Waals surface area contributed by atoms with Crippen LogP contribution in [0.1, 0.15) is 24.5 Å². The molecule has 1 unspecified atom stereocenters. The lowest BCUT2D eigenvalue weighted by Crippen LogP contribution is -2.31. The van der Waals surface area contributed by atoms with E-state index in [-0.39, 0.29) is 6.10 Å². The number of hydrogen-bond donors (Lipinski definition) is 2. The Balaban J connectivity index is 2.84. The van der Waals surface area contributed by atoms with Crippen molar-refractivity contribution in [1.29, 1.82) is 0 Å². The van der Waals surface area contributed by atoms with Crippen molar-refractivity contribution in [1.82, 2.24) is 0 Å². The van der Waals surface area contributed by atoms with E-state index in [9.17, 15) is 5.11 Å². The molecule has 3 N–H and O–H groups in total. The van der Waals surface area contributed by atoms with Crippen molar-refractivity contribution in [3.63, 3.8) is 0 Å². The summed E-state index contributed by atoms with van der Waals surface area (Å²) in [5.74, 6) is 0. The molecule has 0 aromatic heterocycles. The first-order valence-corrected chi connectivity index (χ1v) is 6.27. The Morgan fingerprint density at radius 1 is 1.41 bits per heavy atom. The van der Waals surface area contributed by atoms with Crippen LogP contribution < -0.4 is 10.6 Å². The summed E-state index contributed by atoms with van der Waals surface area (Å²) < 4.78 is 0. The quantitative estimate of drug-likeness (QED) is 0.790. The summed E-state index contributed by atoms with van der Waals surface area (Å²) in [5, 5.41) is 9.81. The lowest BCUT2D eigenvalue weighted by atomic mass is 10.0. The van der Waals surface area contributed by atoms with Gasteiger partial charge in [-0.15, -0.1) is 0 Å². The topological polar surface area (TPSA) is 49.5 Å². The molecule has 0 aliphatic rings. The molecule has 0 bridgehead atoms. The molecule has 0 radical (unpaired) electrons. The molecule has 0 saturated heterocycles. The van der Waals surface area contributed by atoms with Gasteiger partial charge in [-0.1, -0.05) is 25.1 Å². The molecule has 17 heavy (non-hydrogen) atoms. The van der Waals surface area contributed by atoms with Gasteiger partial charge in [0.05, 0.1) is 6.10 Å². The van der Waals surface area contributed by atoms with E-state index < -0.39 is 0 Å². The predicted molar refractivity (Wildman–Crippen MR) is 73.5 cm³/mol. The number of nitrogens with zero attached hydrogens (tertiary/aromatic N) is 1. The molecule has 0 aliphatic heterocycles. The number of aryl methyl sites for hydroxylation is 2. The highest BCUT2D eigenvalue weighted by molar-refractivity contribution is 5.59. The highest BCUT2D eigenvalue weighted by Gasteiger charge is 2.12. The first-order chi connectivity index (χ1) is 8.10. The summed E-state index contributed by atoms with van der Waals surface area (Å²) in [6.07, 6.45) is 1.31. The van der Waals surface area contributed by atoms with Gasteiger partial charge < -0.3 is 15.7 Å². The Kier molecular flexibility index (Phi) is 5.45. The summed E-state index contributed by atoms with van der Waals surface area (Å²) in [6.45, 7) is 5.43. The van der Waals surface area contributed by atoms with E-state index >= 15 is 0 Å². The first-order valence-electron chi connectivity index (χ1n) is 6.27. The minimum atomic E-state index is -0.352. The fourth-order valence-corrected chi connectivity index (χ4v) is 2.24. The third-order valence-electron chi connectivity index (χ3n) is 3.07. The Morgan fingerprint density at radius 3 is 2.71 bits per heavy atom. The summed E-state index contributed by atoms with van der Waals surface area (Å²) >= 11 is 0. The van der Waals surface area contributed by atoms with Gasteiger partial charge in [-0.05, 0) is 37.4 Å². The van der Waals surface area contributed by atoms with Gasteiger partial charge in [0, 0.05) is 19.3 Å². The van der Waals surface area contributed by atoms with Crippen molar-refractivity contribution in [2.45, 2.75) is 32.8 Å². The zero-order valence-corrected chi connectivity index (χ0v) is 11.1. The molecule has 0 aliphatic carbocycles. The number of rotatable bonds is 6. The average molecular weight is 236 g/mol. The zero-order chi connectivity index (χ0) is 12.8. The minimum absolute atomic E-state index is 0.352. The number of hydrogen-bond acceptors (Lipinski definition) is 3. The standard InChI is InChI=1S/C14H24N2O/c1-4-12-7-5-6-11(2)14(12)16(3)10-13(17)8-9-15/h5-7,13,17H,4,8-10,15H2,1-3H3. The van der Waals surface area contributed by atoms with Crippen LogP contribution >= 0.6 is 0 Å². The average Bonchev–Trinajstić information content (AvgIpc) is 2.28. The highest BCUT2D eigenvalue weighted by Crippen LogP contribution is 2.24. The lowest BCUT2D eigenvalue weighted by Gasteiger charge is -2.26. The van der Waals surface area contributed by atoms with Crippen molar-refractivity contribution < 1.29 is 5.11 Å². The summed E-state index contributed by atoms with van der Waals surface area (Å²) in [4.78, 5) is 2.13. The van der Waals surface area contributed by atoms with E-state index in [0.29, 0.717) is 19.5 Å². The van der Waals surface area contributed by atoms with Gasteiger partial charge in [0.1, 0.15) is 0 Å². The number of anilines is 1. The molecule has 3 nitrogen and oxygen atoms in total. The van der Waals surface area contributed by atoms with Crippen molar-refractivity contribution in [2.75, 3.05) is 25.0 Å². The third kappa shape index (κ3) is 3.72. The van der Waals surface area contributed by atoms with Gasteiger partial charge in [0.25, 0.3) is 0 Å². The van der Waals surface area contributed by atoms with Crippen LogP contribution in [0.4, 0.5) is 5.69 Å². The van der Waals surface area contributed by atoms with Crippen molar-refractivity contribution >= 4 is 5.69 Å². The van der Waals surface area contributed by atoms with Gasteiger partial charge in [0.15, 0.2) is 0 Å². The van der Waals surface area contributed by atoms with Crippen LogP contribution in [0.15, 0.2) is 18.2 Å². The van der Waals surface area contributed by atoms with Crippen molar-refractivity contribution in [3.05, 3.63) is 29.3 Å². The summed E-state index contributed by atoms with van der Waals surface area (Å²) in [6, 6.07) is 6.34. The Labute approximate surface area is 104 Å². The smallest absolute Gasteiger partial charge is 0.0726 e. The van der Waals surface area contributed by atoms with Crippen molar-refractivity contribution in [3.8, 4) is 0 Å². The molecule has 1 atom stereocenters. The normalized spacial score (nSPS) is 12.5. The van der Waals surface area contributed by atoms with E-state index in [2.05, 4.69) is 36.9 Å². The maximum Gasteiger partial charge on any atom is 0.0726 e. The largest absolute Gasteiger partial charge is 0.391 e. The van der Waals surface area contributed by atoms with Gasteiger partial charge in [-0.3, -0.25) is 0 Å². The molecule has 1 aromatic rings. The molecule has 0 amide bonds. The maximum absolute atomic E-state index is 9.81. The van der Waals surface area contributed by atoms with Crippen LogP contribution in [0.25, 0.3) is 0 Å². The van der Waals surface area contributed by atoms with E-state index in [1.165, 1.54) is 16.8 Å². The fourth-order valence-electron chi connectivity index (χ4n) is 2.24. The number of aliphatic hydroxyl groups is 1. The van der Waals surface area contributed by atoms with Crippen LogP contribution in [-0.4, -0.2) is 31.3 Å². The lowest BCUT2D eigenvalue weighted by molar-refractivity contribution is 0.174. The molecule has 1 rings (SSSR count). The van der Waals surface area contributed by atoms with E-state index in [1.807, 2.05) is 7.05 Å². The Morgan fingerprint density at radius 2 is 2.12 bits per heavy atom.